The summed E-state index contributed by atoms with van der Waals surface area (Å²) >= 11 is 0. The third kappa shape index (κ3) is 5.16. The minimum atomic E-state index is -3.38. The second kappa shape index (κ2) is 9.71. The number of benzene rings is 2. The molecule has 0 radical (unpaired) electrons. The van der Waals surface area contributed by atoms with E-state index < -0.39 is 21.5 Å². The molecule has 1 N–H and O–H groups in total. The van der Waals surface area contributed by atoms with Gasteiger partial charge in [0.25, 0.3) is 0 Å². The molecule has 1 saturated carbocycles. The van der Waals surface area contributed by atoms with Crippen molar-refractivity contribution in [3.63, 3.8) is 0 Å². The fraction of sp³-hybridized carbons (Fsp3) is 0.552. The molecule has 7 nitrogen and oxygen atoms in total. The van der Waals surface area contributed by atoms with Crippen LogP contribution in [0.5, 0.6) is 0 Å². The Morgan fingerprint density at radius 3 is 2.08 bits per heavy atom. The van der Waals surface area contributed by atoms with Crippen molar-refractivity contribution in [2.75, 3.05) is 39.1 Å². The van der Waals surface area contributed by atoms with E-state index in [1.54, 1.807) is 24.1 Å². The van der Waals surface area contributed by atoms with Crippen LogP contribution in [0.1, 0.15) is 45.1 Å². The first-order chi connectivity index (χ1) is 17.5. The summed E-state index contributed by atoms with van der Waals surface area (Å²) in [5, 5.41) is 10.2. The van der Waals surface area contributed by atoms with Gasteiger partial charge in [-0.05, 0) is 87.4 Å². The number of ether oxygens (including phenoxy) is 1. The quantitative estimate of drug-likeness (QED) is 0.502. The molecule has 1 atom stereocenters. The van der Waals surface area contributed by atoms with Gasteiger partial charge in [0.15, 0.2) is 9.84 Å². The second-order valence-corrected chi connectivity index (χ2v) is 13.7. The van der Waals surface area contributed by atoms with Crippen molar-refractivity contribution in [2.24, 2.45) is 11.3 Å². The molecule has 0 spiro atoms. The molecule has 4 aliphatic rings. The number of carboxylic acid groups (broad SMARTS) is 1. The van der Waals surface area contributed by atoms with Gasteiger partial charge in [-0.1, -0.05) is 36.4 Å². The number of rotatable bonds is 9. The number of hydrogen-bond donors (Lipinski definition) is 1. The molecule has 200 valence electrons. The Kier molecular flexibility index (Phi) is 6.88. The van der Waals surface area contributed by atoms with Crippen molar-refractivity contribution >= 4 is 15.9 Å². The first-order valence-corrected chi connectivity index (χ1v) is 14.9. The van der Waals surface area contributed by atoms with E-state index >= 15 is 0 Å². The summed E-state index contributed by atoms with van der Waals surface area (Å²) in [4.78, 5) is 16.9. The maximum atomic E-state index is 13.0. The predicted octanol–water partition coefficient (Wildman–Crippen LogP) is 4.86. The Morgan fingerprint density at radius 1 is 1.05 bits per heavy atom. The van der Waals surface area contributed by atoms with Crippen LogP contribution >= 0.6 is 0 Å². The predicted molar refractivity (Wildman–Crippen MR) is 143 cm³/mol. The lowest BCUT2D eigenvalue weighted by atomic mass is 9.80. The molecular formula is C29H38N2O5S. The SMILES string of the molecule is COCC1(CS(=O)(=O)c2ccc(-c3ccc(C(C)(C)N(C(=O)O)C4CN5CCC4CC5)cc3)cc2)CC1. The van der Waals surface area contributed by atoms with Crippen LogP contribution in [-0.2, 0) is 20.1 Å². The van der Waals surface area contributed by atoms with Crippen molar-refractivity contribution < 1.29 is 23.1 Å². The molecule has 2 aromatic carbocycles. The second-order valence-electron chi connectivity index (χ2n) is 11.7. The van der Waals surface area contributed by atoms with Crippen LogP contribution in [0.15, 0.2) is 53.4 Å². The van der Waals surface area contributed by atoms with E-state index in [-0.39, 0.29) is 17.2 Å². The van der Waals surface area contributed by atoms with Crippen LogP contribution in [0.2, 0.25) is 0 Å². The van der Waals surface area contributed by atoms with Gasteiger partial charge in [0.05, 0.1) is 28.8 Å². The fourth-order valence-corrected chi connectivity index (χ4v) is 8.28. The van der Waals surface area contributed by atoms with E-state index in [9.17, 15) is 18.3 Å². The smallest absolute Gasteiger partial charge is 0.408 e. The number of sulfone groups is 1. The fourth-order valence-electron chi connectivity index (χ4n) is 6.39. The Morgan fingerprint density at radius 2 is 1.62 bits per heavy atom. The number of hydrogen-bond acceptors (Lipinski definition) is 5. The molecule has 2 aromatic rings. The van der Waals surface area contributed by atoms with Gasteiger partial charge in [0, 0.05) is 19.1 Å². The van der Waals surface area contributed by atoms with Gasteiger partial charge in [-0.25, -0.2) is 13.2 Å². The minimum Gasteiger partial charge on any atom is -0.465 e. The molecule has 1 unspecified atom stereocenters. The number of amides is 1. The van der Waals surface area contributed by atoms with Crippen LogP contribution in [0.4, 0.5) is 4.79 Å². The van der Waals surface area contributed by atoms with Gasteiger partial charge in [-0.3, -0.25) is 4.90 Å². The van der Waals surface area contributed by atoms with Crippen LogP contribution in [0, 0.1) is 11.3 Å². The summed E-state index contributed by atoms with van der Waals surface area (Å²) in [5.74, 6) is 0.537. The van der Waals surface area contributed by atoms with E-state index in [1.165, 1.54) is 0 Å². The van der Waals surface area contributed by atoms with E-state index in [1.807, 2.05) is 50.2 Å². The van der Waals surface area contributed by atoms with Crippen molar-refractivity contribution in [2.45, 2.75) is 56.0 Å². The molecule has 1 aliphatic carbocycles. The number of piperidine rings is 3. The highest BCUT2D eigenvalue weighted by Crippen LogP contribution is 2.47. The summed E-state index contributed by atoms with van der Waals surface area (Å²) in [6, 6.07) is 15.1. The van der Waals surface area contributed by atoms with Gasteiger partial charge >= 0.3 is 6.09 Å². The average Bonchev–Trinajstić information content (AvgIpc) is 3.63. The summed E-state index contributed by atoms with van der Waals surface area (Å²) in [6.45, 7) is 7.40. The topological polar surface area (TPSA) is 87.2 Å². The maximum Gasteiger partial charge on any atom is 0.408 e. The van der Waals surface area contributed by atoms with Crippen molar-refractivity contribution in [1.82, 2.24) is 9.80 Å². The van der Waals surface area contributed by atoms with Crippen LogP contribution in [0.25, 0.3) is 11.1 Å². The molecule has 4 fully saturated rings. The van der Waals surface area contributed by atoms with E-state index in [2.05, 4.69) is 4.90 Å². The lowest BCUT2D eigenvalue weighted by Gasteiger charge is -2.52. The zero-order chi connectivity index (χ0) is 26.4. The van der Waals surface area contributed by atoms with Gasteiger partial charge in [-0.2, -0.15) is 0 Å². The van der Waals surface area contributed by atoms with Gasteiger partial charge in [0.2, 0.25) is 0 Å². The highest BCUT2D eigenvalue weighted by atomic mass is 32.2. The normalized spacial score (nSPS) is 24.6. The Balaban J connectivity index is 1.33. The zero-order valence-electron chi connectivity index (χ0n) is 22.0. The van der Waals surface area contributed by atoms with Gasteiger partial charge in [0.1, 0.15) is 0 Å². The molecule has 3 aliphatic heterocycles. The zero-order valence-corrected chi connectivity index (χ0v) is 22.8. The summed E-state index contributed by atoms with van der Waals surface area (Å²) in [5.41, 5.74) is 1.93. The molecule has 3 heterocycles. The number of methoxy groups -OCH3 is 1. The first-order valence-electron chi connectivity index (χ1n) is 13.2. The van der Waals surface area contributed by atoms with Crippen LogP contribution in [0.3, 0.4) is 0 Å². The average molecular weight is 527 g/mol. The summed E-state index contributed by atoms with van der Waals surface area (Å²) in [6.07, 6.45) is 3.02. The molecule has 1 amide bonds. The number of fused-ring (bicyclic) bond motifs is 3. The lowest BCUT2D eigenvalue weighted by molar-refractivity contribution is -0.0289. The molecule has 6 rings (SSSR count). The largest absolute Gasteiger partial charge is 0.465 e. The third-order valence-corrected chi connectivity index (χ3v) is 10.8. The number of nitrogens with zero attached hydrogens (tertiary/aromatic N) is 2. The van der Waals surface area contributed by atoms with Gasteiger partial charge < -0.3 is 14.7 Å². The monoisotopic (exact) mass is 526 g/mol. The number of carbonyl (C=O) groups is 1. The third-order valence-electron chi connectivity index (χ3n) is 8.80. The Bertz CT molecular complexity index is 1230. The lowest BCUT2D eigenvalue weighted by Crippen LogP contribution is -2.62. The molecule has 3 saturated heterocycles. The minimum absolute atomic E-state index is 0.00263. The van der Waals surface area contributed by atoms with E-state index in [4.69, 9.17) is 4.74 Å². The van der Waals surface area contributed by atoms with E-state index in [0.29, 0.717) is 17.4 Å². The molecule has 37 heavy (non-hydrogen) atoms. The van der Waals surface area contributed by atoms with Crippen molar-refractivity contribution in [1.29, 1.82) is 0 Å². The highest BCUT2D eigenvalue weighted by molar-refractivity contribution is 7.91. The first kappa shape index (κ1) is 26.2. The Hall–Kier alpha value is -2.42. The summed E-state index contributed by atoms with van der Waals surface area (Å²) in [7, 11) is -1.76. The van der Waals surface area contributed by atoms with Crippen molar-refractivity contribution in [3.05, 3.63) is 54.1 Å². The van der Waals surface area contributed by atoms with E-state index in [0.717, 1.165) is 62.0 Å². The van der Waals surface area contributed by atoms with Crippen molar-refractivity contribution in [3.8, 4) is 11.1 Å². The highest BCUT2D eigenvalue weighted by Gasteiger charge is 2.47. The standard InChI is InChI=1S/C29H38N2O5S/c1-28(2,31(27(32)33)26-18-30-16-12-23(26)13-17-30)24-8-4-21(5-9-24)22-6-10-25(11-7-22)37(34,35)20-29(14-15-29)19-36-3/h4-11,23,26H,12-20H2,1-3H3,(H,32,33). The van der Waals surface area contributed by atoms with Crippen LogP contribution < -0.4 is 0 Å². The van der Waals surface area contributed by atoms with Crippen LogP contribution in [-0.4, -0.2) is 74.6 Å². The molecule has 8 heteroatoms. The molecular weight excluding hydrogens is 488 g/mol. The summed E-state index contributed by atoms with van der Waals surface area (Å²) < 4.78 is 31.1. The molecule has 0 aromatic heterocycles. The Labute approximate surface area is 220 Å². The van der Waals surface area contributed by atoms with Gasteiger partial charge in [-0.15, -0.1) is 0 Å². The molecule has 2 bridgehead atoms. The maximum absolute atomic E-state index is 13.0.